The number of nitrogens with one attached hydrogen (secondary N) is 1. The van der Waals surface area contributed by atoms with E-state index in [1.54, 1.807) is 0 Å². The number of para-hydroxylation sites is 1. The Morgan fingerprint density at radius 1 is 1.03 bits per heavy atom. The number of benzene rings is 2. The number of hydrogen-bond donors (Lipinski definition) is 1. The summed E-state index contributed by atoms with van der Waals surface area (Å²) in [6.07, 6.45) is 7.18. The monoisotopic (exact) mass is 391 g/mol. The van der Waals surface area contributed by atoms with Crippen LogP contribution >= 0.6 is 0 Å². The summed E-state index contributed by atoms with van der Waals surface area (Å²) in [5.41, 5.74) is 5.33. The molecular formula is C25H33N3O. The lowest BCUT2D eigenvalue weighted by Gasteiger charge is -2.31. The molecule has 1 N–H and O–H groups in total. The number of aryl methyl sites for hydroxylation is 1. The molecule has 1 atom stereocenters. The quantitative estimate of drug-likeness (QED) is 0.797. The van der Waals surface area contributed by atoms with Crippen LogP contribution in [-0.2, 0) is 17.8 Å². The molecule has 1 aliphatic carbocycles. The van der Waals surface area contributed by atoms with Gasteiger partial charge in [0.1, 0.15) is 0 Å². The zero-order valence-electron chi connectivity index (χ0n) is 17.6. The van der Waals surface area contributed by atoms with Gasteiger partial charge >= 0.3 is 0 Å². The minimum Gasteiger partial charge on any atom is -0.371 e. The summed E-state index contributed by atoms with van der Waals surface area (Å²) in [5.74, 6) is 0.115. The van der Waals surface area contributed by atoms with Gasteiger partial charge in [0.05, 0.1) is 12.6 Å². The second kappa shape index (κ2) is 9.45. The number of nitrogens with zero attached hydrogens (tertiary/aromatic N) is 2. The van der Waals surface area contributed by atoms with E-state index in [0.717, 1.165) is 38.9 Å². The number of likely N-dealkylation sites (N-methyl/N-ethyl adjacent to an activating group) is 1. The summed E-state index contributed by atoms with van der Waals surface area (Å²) < 4.78 is 0. The maximum Gasteiger partial charge on any atom is 0.234 e. The first-order valence-corrected chi connectivity index (χ1v) is 11.1. The van der Waals surface area contributed by atoms with Crippen molar-refractivity contribution in [3.8, 4) is 0 Å². The second-order valence-corrected chi connectivity index (χ2v) is 8.56. The third-order valence-corrected chi connectivity index (χ3v) is 6.25. The lowest BCUT2D eigenvalue weighted by atomic mass is 9.88. The molecule has 1 unspecified atom stereocenters. The van der Waals surface area contributed by atoms with Crippen LogP contribution in [0.3, 0.4) is 0 Å². The number of hydrogen-bond acceptors (Lipinski definition) is 3. The Labute approximate surface area is 174 Å². The zero-order valence-corrected chi connectivity index (χ0v) is 17.6. The van der Waals surface area contributed by atoms with Crippen LogP contribution < -0.4 is 10.2 Å². The number of rotatable bonds is 6. The van der Waals surface area contributed by atoms with Gasteiger partial charge < -0.3 is 10.2 Å². The van der Waals surface area contributed by atoms with E-state index in [4.69, 9.17) is 0 Å². The first-order chi connectivity index (χ1) is 14.2. The lowest BCUT2D eigenvalue weighted by molar-refractivity contribution is -0.122. The Morgan fingerprint density at radius 2 is 1.79 bits per heavy atom. The van der Waals surface area contributed by atoms with Gasteiger partial charge in [0, 0.05) is 25.3 Å². The normalized spacial score (nSPS) is 19.1. The number of fused-ring (bicyclic) bond motifs is 1. The molecule has 4 heteroatoms. The first kappa shape index (κ1) is 20.0. The van der Waals surface area contributed by atoms with Gasteiger partial charge in [-0.15, -0.1) is 0 Å². The zero-order chi connectivity index (χ0) is 20.1. The van der Waals surface area contributed by atoms with Crippen LogP contribution in [0, 0.1) is 0 Å². The van der Waals surface area contributed by atoms with Gasteiger partial charge in [0.15, 0.2) is 0 Å². The highest BCUT2D eigenvalue weighted by Gasteiger charge is 2.22. The average Bonchev–Trinajstić information content (AvgIpc) is 2.75. The highest BCUT2D eigenvalue weighted by molar-refractivity contribution is 5.78. The molecule has 1 heterocycles. The van der Waals surface area contributed by atoms with Gasteiger partial charge in [0.25, 0.3) is 0 Å². The molecule has 0 aromatic heterocycles. The van der Waals surface area contributed by atoms with E-state index in [2.05, 4.69) is 63.6 Å². The van der Waals surface area contributed by atoms with Crippen molar-refractivity contribution < 1.29 is 4.79 Å². The third-order valence-electron chi connectivity index (χ3n) is 6.25. The maximum atomic E-state index is 12.7. The van der Waals surface area contributed by atoms with Crippen molar-refractivity contribution in [1.29, 1.82) is 0 Å². The maximum absolute atomic E-state index is 12.7. The molecule has 0 bridgehead atoms. The van der Waals surface area contributed by atoms with E-state index >= 15 is 0 Å². The smallest absolute Gasteiger partial charge is 0.234 e. The Kier molecular flexibility index (Phi) is 6.50. The molecule has 2 aliphatic rings. The molecule has 0 spiro atoms. The van der Waals surface area contributed by atoms with Crippen LogP contribution in [0.4, 0.5) is 5.69 Å². The van der Waals surface area contributed by atoms with E-state index in [9.17, 15) is 4.79 Å². The van der Waals surface area contributed by atoms with Gasteiger partial charge in [-0.25, -0.2) is 0 Å². The van der Waals surface area contributed by atoms with Gasteiger partial charge in [-0.3, -0.25) is 9.69 Å². The Hall–Kier alpha value is -2.33. The van der Waals surface area contributed by atoms with Gasteiger partial charge in [-0.2, -0.15) is 0 Å². The van der Waals surface area contributed by atoms with Crippen LogP contribution in [0.2, 0.25) is 0 Å². The average molecular weight is 392 g/mol. The molecule has 0 saturated carbocycles. The summed E-state index contributed by atoms with van der Waals surface area (Å²) in [6, 6.07) is 17.3. The molecule has 2 aromatic carbocycles. The van der Waals surface area contributed by atoms with Crippen molar-refractivity contribution in [2.45, 2.75) is 51.1 Å². The van der Waals surface area contributed by atoms with Crippen LogP contribution in [0.5, 0.6) is 0 Å². The van der Waals surface area contributed by atoms with Crippen LogP contribution in [0.25, 0.3) is 0 Å². The van der Waals surface area contributed by atoms with Crippen LogP contribution in [0.1, 0.15) is 54.8 Å². The fourth-order valence-electron chi connectivity index (χ4n) is 4.82. The number of carbonyl (C=O) groups is 1. The van der Waals surface area contributed by atoms with E-state index in [0.29, 0.717) is 6.54 Å². The molecule has 4 rings (SSSR count). The number of piperidine rings is 1. The summed E-state index contributed by atoms with van der Waals surface area (Å²) in [5, 5.41) is 3.28. The first-order valence-electron chi connectivity index (χ1n) is 11.1. The Balaban J connectivity index is 1.36. The van der Waals surface area contributed by atoms with Crippen molar-refractivity contribution in [3.63, 3.8) is 0 Å². The molecule has 154 valence electrons. The molecule has 2 aromatic rings. The predicted octanol–water partition coefficient (Wildman–Crippen LogP) is 4.30. The molecule has 1 saturated heterocycles. The highest BCUT2D eigenvalue weighted by Crippen LogP contribution is 2.29. The molecule has 1 fully saturated rings. The van der Waals surface area contributed by atoms with Crippen molar-refractivity contribution in [1.82, 2.24) is 10.2 Å². The lowest BCUT2D eigenvalue weighted by Crippen LogP contribution is -2.38. The molecule has 1 amide bonds. The Bertz CT molecular complexity index is 828. The van der Waals surface area contributed by atoms with Crippen molar-refractivity contribution in [2.24, 2.45) is 0 Å². The van der Waals surface area contributed by atoms with E-state index in [-0.39, 0.29) is 11.9 Å². The number of anilines is 1. The highest BCUT2D eigenvalue weighted by atomic mass is 16.2. The van der Waals surface area contributed by atoms with E-state index in [1.165, 1.54) is 41.6 Å². The standard InChI is InChI=1S/C25H33N3O/c1-27(18-21-11-4-6-15-24(21)28-16-7-2-8-17-28)19-25(29)26-23-14-9-12-20-10-3-5-13-22(20)23/h3-6,10-11,13,15,23H,2,7-9,12,14,16-19H2,1H3,(H,26,29). The third kappa shape index (κ3) is 4.99. The Morgan fingerprint density at radius 3 is 2.66 bits per heavy atom. The van der Waals surface area contributed by atoms with Crippen LogP contribution in [0.15, 0.2) is 48.5 Å². The van der Waals surface area contributed by atoms with E-state index < -0.39 is 0 Å². The van der Waals surface area contributed by atoms with Gasteiger partial charge in [0.2, 0.25) is 5.91 Å². The SMILES string of the molecule is CN(CC(=O)NC1CCCc2ccccc21)Cc1ccccc1N1CCCCC1. The largest absolute Gasteiger partial charge is 0.371 e. The molecule has 1 aliphatic heterocycles. The van der Waals surface area contributed by atoms with Crippen molar-refractivity contribution in [3.05, 3.63) is 65.2 Å². The topological polar surface area (TPSA) is 35.6 Å². The van der Waals surface area contributed by atoms with Crippen molar-refractivity contribution >= 4 is 11.6 Å². The summed E-state index contributed by atoms with van der Waals surface area (Å²) in [6.45, 7) is 3.50. The summed E-state index contributed by atoms with van der Waals surface area (Å²) in [4.78, 5) is 17.4. The predicted molar refractivity (Wildman–Crippen MR) is 119 cm³/mol. The fraction of sp³-hybridized carbons (Fsp3) is 0.480. The van der Waals surface area contributed by atoms with Gasteiger partial charge in [-0.1, -0.05) is 42.5 Å². The number of carbonyl (C=O) groups excluding carboxylic acids is 1. The molecule has 29 heavy (non-hydrogen) atoms. The minimum absolute atomic E-state index is 0.115. The second-order valence-electron chi connectivity index (χ2n) is 8.56. The summed E-state index contributed by atoms with van der Waals surface area (Å²) in [7, 11) is 2.04. The fourth-order valence-corrected chi connectivity index (χ4v) is 4.82. The molecular weight excluding hydrogens is 358 g/mol. The summed E-state index contributed by atoms with van der Waals surface area (Å²) >= 11 is 0. The minimum atomic E-state index is 0.115. The molecule has 4 nitrogen and oxygen atoms in total. The molecule has 0 radical (unpaired) electrons. The van der Waals surface area contributed by atoms with Crippen LogP contribution in [-0.4, -0.2) is 37.5 Å². The number of amides is 1. The van der Waals surface area contributed by atoms with Crippen molar-refractivity contribution in [2.75, 3.05) is 31.6 Å². The van der Waals surface area contributed by atoms with E-state index in [1.807, 2.05) is 7.05 Å². The van der Waals surface area contributed by atoms with Gasteiger partial charge in [-0.05, 0) is 68.3 Å².